The number of benzene rings is 2. The third-order valence-corrected chi connectivity index (χ3v) is 3.96. The summed E-state index contributed by atoms with van der Waals surface area (Å²) in [7, 11) is 0. The Balaban J connectivity index is 1.86. The summed E-state index contributed by atoms with van der Waals surface area (Å²) in [4.78, 5) is 3.45. The molecule has 1 aromatic heterocycles. The number of para-hydroxylation sites is 3. The average Bonchev–Trinajstić information content (AvgIpc) is 2.99. The molecular formula is C20H25N2O3+. The van der Waals surface area contributed by atoms with Gasteiger partial charge in [-0.25, -0.2) is 9.55 Å². The van der Waals surface area contributed by atoms with Gasteiger partial charge in [0.05, 0.1) is 0 Å². The fourth-order valence-electron chi connectivity index (χ4n) is 2.85. The van der Waals surface area contributed by atoms with Crippen LogP contribution in [0.5, 0.6) is 5.75 Å². The van der Waals surface area contributed by atoms with Gasteiger partial charge in [-0.2, -0.15) is 0 Å². The van der Waals surface area contributed by atoms with Gasteiger partial charge in [0.2, 0.25) is 0 Å². The predicted octanol–water partition coefficient (Wildman–Crippen LogP) is 3.43. The third-order valence-electron chi connectivity index (χ3n) is 3.96. The summed E-state index contributed by atoms with van der Waals surface area (Å²) < 4.78 is 19.6. The van der Waals surface area contributed by atoms with Crippen LogP contribution in [0.2, 0.25) is 0 Å². The van der Waals surface area contributed by atoms with Gasteiger partial charge in [-0.3, -0.25) is 0 Å². The second-order valence-electron chi connectivity index (χ2n) is 5.64. The number of imidazole rings is 1. The summed E-state index contributed by atoms with van der Waals surface area (Å²) >= 11 is 0. The van der Waals surface area contributed by atoms with E-state index in [4.69, 9.17) is 14.2 Å². The van der Waals surface area contributed by atoms with E-state index in [2.05, 4.69) is 21.7 Å². The molecule has 0 atom stereocenters. The number of hydrogen-bond donors (Lipinski definition) is 1. The predicted molar refractivity (Wildman–Crippen MR) is 96.3 cm³/mol. The topological polar surface area (TPSA) is 47.4 Å². The first-order chi connectivity index (χ1) is 12.3. The van der Waals surface area contributed by atoms with Crippen molar-refractivity contribution in [3.63, 3.8) is 0 Å². The molecule has 0 saturated carbocycles. The molecule has 2 aromatic carbocycles. The summed E-state index contributed by atoms with van der Waals surface area (Å²) in [6, 6.07) is 18.0. The fourth-order valence-corrected chi connectivity index (χ4v) is 2.85. The van der Waals surface area contributed by atoms with Crippen LogP contribution in [0.3, 0.4) is 0 Å². The Morgan fingerprint density at radius 1 is 0.920 bits per heavy atom. The van der Waals surface area contributed by atoms with Crippen LogP contribution in [0.25, 0.3) is 11.0 Å². The highest BCUT2D eigenvalue weighted by Crippen LogP contribution is 2.14. The second kappa shape index (κ2) is 8.65. The lowest BCUT2D eigenvalue weighted by Crippen LogP contribution is -2.44. The van der Waals surface area contributed by atoms with E-state index >= 15 is 0 Å². The number of nitrogens with one attached hydrogen (secondary N) is 1. The first-order valence-electron chi connectivity index (χ1n) is 8.72. The largest absolute Gasteiger partial charge is 0.481 e. The molecule has 25 heavy (non-hydrogen) atoms. The highest BCUT2D eigenvalue weighted by atomic mass is 16.7. The third kappa shape index (κ3) is 4.38. The van der Waals surface area contributed by atoms with Crippen molar-refractivity contribution in [2.75, 3.05) is 13.2 Å². The van der Waals surface area contributed by atoms with E-state index in [9.17, 15) is 0 Å². The van der Waals surface area contributed by atoms with Crippen molar-refractivity contribution in [3.05, 3.63) is 60.4 Å². The van der Waals surface area contributed by atoms with Gasteiger partial charge in [0, 0.05) is 13.2 Å². The molecule has 0 radical (unpaired) electrons. The molecule has 3 rings (SSSR count). The van der Waals surface area contributed by atoms with Crippen LogP contribution in [-0.2, 0) is 22.6 Å². The first kappa shape index (κ1) is 17.5. The number of rotatable bonds is 9. The van der Waals surface area contributed by atoms with Crippen LogP contribution >= 0.6 is 0 Å². The van der Waals surface area contributed by atoms with Gasteiger partial charge in [0.1, 0.15) is 12.3 Å². The van der Waals surface area contributed by atoms with E-state index in [-0.39, 0.29) is 6.29 Å². The number of H-pyrrole nitrogens is 1. The number of hydrogen-bond acceptors (Lipinski definition) is 3. The van der Waals surface area contributed by atoms with E-state index < -0.39 is 0 Å². The highest BCUT2D eigenvalue weighted by molar-refractivity contribution is 5.71. The Morgan fingerprint density at radius 2 is 1.60 bits per heavy atom. The molecule has 132 valence electrons. The Morgan fingerprint density at radius 3 is 2.32 bits per heavy atom. The number of aromatic nitrogens is 2. The molecule has 0 saturated heterocycles. The minimum absolute atomic E-state index is 0.283. The highest BCUT2D eigenvalue weighted by Gasteiger charge is 2.23. The van der Waals surface area contributed by atoms with Gasteiger partial charge in [0.15, 0.2) is 23.9 Å². The quantitative estimate of drug-likeness (QED) is 0.479. The lowest BCUT2D eigenvalue weighted by Gasteiger charge is -2.16. The van der Waals surface area contributed by atoms with E-state index in [0.29, 0.717) is 26.4 Å². The summed E-state index contributed by atoms with van der Waals surface area (Å²) in [6.45, 7) is 6.24. The van der Waals surface area contributed by atoms with E-state index in [1.54, 1.807) is 0 Å². The molecule has 1 N–H and O–H groups in total. The number of ether oxygens (including phenoxy) is 3. The summed E-state index contributed by atoms with van der Waals surface area (Å²) in [5, 5.41) is 0. The maximum Gasteiger partial charge on any atom is 0.293 e. The van der Waals surface area contributed by atoms with Crippen molar-refractivity contribution in [3.8, 4) is 5.75 Å². The molecule has 3 aromatic rings. The van der Waals surface area contributed by atoms with Gasteiger partial charge in [-0.05, 0) is 38.1 Å². The molecule has 1 heterocycles. The van der Waals surface area contributed by atoms with Gasteiger partial charge >= 0.3 is 0 Å². The zero-order valence-electron chi connectivity index (χ0n) is 14.8. The summed E-state index contributed by atoms with van der Waals surface area (Å²) in [5.41, 5.74) is 2.18. The van der Waals surface area contributed by atoms with Crippen LogP contribution < -0.4 is 9.30 Å². The van der Waals surface area contributed by atoms with E-state index in [1.165, 1.54) is 0 Å². The van der Waals surface area contributed by atoms with Crippen molar-refractivity contribution < 1.29 is 18.8 Å². The van der Waals surface area contributed by atoms with E-state index in [1.807, 2.05) is 56.3 Å². The lowest BCUT2D eigenvalue weighted by atomic mass is 10.3. The zero-order valence-corrected chi connectivity index (χ0v) is 14.8. The molecule has 0 amide bonds. The molecule has 0 spiro atoms. The Kier molecular flexibility index (Phi) is 6.04. The molecule has 0 bridgehead atoms. The SMILES string of the molecule is CCOC(C[n+]1c(COc2ccccc2)[nH]c2ccccc21)OCC. The fraction of sp³-hybridized carbons (Fsp3) is 0.350. The summed E-state index contributed by atoms with van der Waals surface area (Å²) in [6.07, 6.45) is -0.283. The normalized spacial score (nSPS) is 11.3. The first-order valence-corrected chi connectivity index (χ1v) is 8.72. The molecule has 0 fully saturated rings. The zero-order chi connectivity index (χ0) is 17.5. The van der Waals surface area contributed by atoms with Crippen molar-refractivity contribution in [2.24, 2.45) is 0 Å². The van der Waals surface area contributed by atoms with Crippen LogP contribution in [0, 0.1) is 0 Å². The number of nitrogens with zero attached hydrogens (tertiary/aromatic N) is 1. The molecule has 0 aliphatic rings. The molecular weight excluding hydrogens is 316 g/mol. The minimum Gasteiger partial charge on any atom is -0.481 e. The molecule has 5 nitrogen and oxygen atoms in total. The average molecular weight is 341 g/mol. The monoisotopic (exact) mass is 341 g/mol. The van der Waals surface area contributed by atoms with Crippen LogP contribution in [0.15, 0.2) is 54.6 Å². The van der Waals surface area contributed by atoms with Crippen molar-refractivity contribution >= 4 is 11.0 Å². The van der Waals surface area contributed by atoms with Crippen molar-refractivity contribution in [1.29, 1.82) is 0 Å². The molecule has 0 aliphatic carbocycles. The summed E-state index contributed by atoms with van der Waals surface area (Å²) in [5.74, 6) is 1.83. The van der Waals surface area contributed by atoms with Crippen LogP contribution in [-0.4, -0.2) is 24.5 Å². The Labute approximate surface area is 148 Å². The minimum atomic E-state index is -0.283. The van der Waals surface area contributed by atoms with Gasteiger partial charge in [-0.15, -0.1) is 0 Å². The number of aromatic amines is 1. The van der Waals surface area contributed by atoms with Crippen LogP contribution in [0.1, 0.15) is 19.7 Å². The van der Waals surface area contributed by atoms with Crippen LogP contribution in [0.4, 0.5) is 0 Å². The molecule has 0 aliphatic heterocycles. The maximum atomic E-state index is 5.93. The van der Waals surface area contributed by atoms with Crippen molar-refractivity contribution in [2.45, 2.75) is 33.3 Å². The van der Waals surface area contributed by atoms with Crippen molar-refractivity contribution in [1.82, 2.24) is 4.98 Å². The van der Waals surface area contributed by atoms with Gasteiger partial charge < -0.3 is 14.2 Å². The standard InChI is InChI=1S/C20H24N2O3/c1-3-23-20(24-4-2)14-22-18-13-9-8-12-17(18)21-19(22)15-25-16-10-6-5-7-11-16/h5-13,20H,3-4,14-15H2,1-2H3/p+1. The molecule has 5 heteroatoms. The Hall–Kier alpha value is -2.37. The van der Waals surface area contributed by atoms with Gasteiger partial charge in [0.25, 0.3) is 5.82 Å². The smallest absolute Gasteiger partial charge is 0.293 e. The molecule has 0 unspecified atom stereocenters. The van der Waals surface area contributed by atoms with Gasteiger partial charge in [-0.1, -0.05) is 30.3 Å². The lowest BCUT2D eigenvalue weighted by molar-refractivity contribution is -0.695. The Bertz CT molecular complexity index is 780. The van der Waals surface area contributed by atoms with E-state index in [0.717, 1.165) is 22.6 Å². The maximum absolute atomic E-state index is 5.93. The number of fused-ring (bicyclic) bond motifs is 1. The second-order valence-corrected chi connectivity index (χ2v) is 5.64.